The van der Waals surface area contributed by atoms with Gasteiger partial charge in [0.15, 0.2) is 6.29 Å². The van der Waals surface area contributed by atoms with Crippen molar-refractivity contribution in [1.82, 2.24) is 9.97 Å². The zero-order chi connectivity index (χ0) is 10.8. The lowest BCUT2D eigenvalue weighted by Crippen LogP contribution is -1.89. The number of aryl methyl sites for hydroxylation is 1. The Bertz CT molecular complexity index is 503. The van der Waals surface area contributed by atoms with E-state index in [1.54, 1.807) is 18.3 Å². The molecule has 0 unspecified atom stereocenters. The first kappa shape index (κ1) is 9.45. The number of phenolic OH excluding ortho intramolecular Hbond substituents is 1. The second kappa shape index (κ2) is 3.57. The van der Waals surface area contributed by atoms with Gasteiger partial charge in [0.2, 0.25) is 0 Å². The summed E-state index contributed by atoms with van der Waals surface area (Å²) in [6, 6.07) is 4.89. The van der Waals surface area contributed by atoms with E-state index in [2.05, 4.69) is 9.97 Å². The maximum atomic E-state index is 10.8. The van der Waals surface area contributed by atoms with Crippen molar-refractivity contribution in [3.63, 3.8) is 0 Å². The maximum Gasteiger partial charge on any atom is 0.154 e. The summed E-state index contributed by atoms with van der Waals surface area (Å²) < 4.78 is 0. The zero-order valence-electron chi connectivity index (χ0n) is 8.19. The molecule has 0 bridgehead atoms. The van der Waals surface area contributed by atoms with E-state index in [-0.39, 0.29) is 11.3 Å². The van der Waals surface area contributed by atoms with E-state index in [0.29, 0.717) is 17.7 Å². The minimum Gasteiger partial charge on any atom is -0.507 e. The van der Waals surface area contributed by atoms with Crippen molar-refractivity contribution in [2.75, 3.05) is 0 Å². The van der Waals surface area contributed by atoms with Gasteiger partial charge in [-0.3, -0.25) is 4.79 Å². The summed E-state index contributed by atoms with van der Waals surface area (Å²) in [5, 5.41) is 9.49. The molecule has 2 rings (SSSR count). The fourth-order valence-corrected chi connectivity index (χ4v) is 1.43. The van der Waals surface area contributed by atoms with Crippen molar-refractivity contribution in [2.45, 2.75) is 6.92 Å². The summed E-state index contributed by atoms with van der Waals surface area (Å²) >= 11 is 0. The first-order valence-electron chi connectivity index (χ1n) is 4.51. The molecule has 0 radical (unpaired) electrons. The fourth-order valence-electron chi connectivity index (χ4n) is 1.43. The van der Waals surface area contributed by atoms with Gasteiger partial charge in [-0.25, -0.2) is 4.98 Å². The molecule has 0 spiro atoms. The molecule has 0 fully saturated rings. The van der Waals surface area contributed by atoms with Crippen molar-refractivity contribution in [3.8, 4) is 17.1 Å². The van der Waals surface area contributed by atoms with Crippen molar-refractivity contribution in [1.29, 1.82) is 0 Å². The molecule has 0 atom stereocenters. The number of carbonyl (C=O) groups is 1. The minimum atomic E-state index is -0.0310. The van der Waals surface area contributed by atoms with Gasteiger partial charge in [-0.15, -0.1) is 0 Å². The number of hydrogen-bond donors (Lipinski definition) is 2. The van der Waals surface area contributed by atoms with E-state index in [1.807, 2.05) is 6.92 Å². The summed E-state index contributed by atoms with van der Waals surface area (Å²) in [7, 11) is 0. The smallest absolute Gasteiger partial charge is 0.154 e. The van der Waals surface area contributed by atoms with Crippen LogP contribution < -0.4 is 0 Å². The number of aromatic amines is 1. The Morgan fingerprint density at radius 3 is 2.87 bits per heavy atom. The zero-order valence-corrected chi connectivity index (χ0v) is 8.19. The largest absolute Gasteiger partial charge is 0.507 e. The van der Waals surface area contributed by atoms with Crippen LogP contribution in [0.15, 0.2) is 24.4 Å². The molecule has 15 heavy (non-hydrogen) atoms. The van der Waals surface area contributed by atoms with Crippen LogP contribution >= 0.6 is 0 Å². The predicted molar refractivity (Wildman–Crippen MR) is 55.8 cm³/mol. The van der Waals surface area contributed by atoms with Gasteiger partial charge < -0.3 is 10.1 Å². The van der Waals surface area contributed by atoms with Crippen LogP contribution in [0.4, 0.5) is 0 Å². The predicted octanol–water partition coefficient (Wildman–Crippen LogP) is 1.90. The first-order chi connectivity index (χ1) is 7.22. The van der Waals surface area contributed by atoms with E-state index >= 15 is 0 Å². The third-order valence-corrected chi connectivity index (χ3v) is 2.16. The highest BCUT2D eigenvalue weighted by Crippen LogP contribution is 2.26. The maximum absolute atomic E-state index is 10.8. The van der Waals surface area contributed by atoms with E-state index in [1.165, 1.54) is 6.07 Å². The Hall–Kier alpha value is -2.10. The van der Waals surface area contributed by atoms with Gasteiger partial charge in [0.25, 0.3) is 0 Å². The summed E-state index contributed by atoms with van der Waals surface area (Å²) in [5.74, 6) is 0.557. The van der Waals surface area contributed by atoms with Crippen LogP contribution in [0.5, 0.6) is 5.75 Å². The molecule has 0 amide bonds. The number of phenols is 1. The molecule has 2 N–H and O–H groups in total. The highest BCUT2D eigenvalue weighted by Gasteiger charge is 2.10. The standard InChI is InChI=1S/C11H10N2O2/c1-7-5-12-11(13-7)8-3-2-4-10(15)9(8)6-14/h2-6,15H,1H3,(H,12,13). The molecule has 0 saturated heterocycles. The summed E-state index contributed by atoms with van der Waals surface area (Å²) in [6.07, 6.45) is 2.30. The van der Waals surface area contributed by atoms with Gasteiger partial charge in [-0.05, 0) is 13.0 Å². The topological polar surface area (TPSA) is 66.0 Å². The molecule has 2 aromatic rings. The number of aldehydes is 1. The van der Waals surface area contributed by atoms with Crippen LogP contribution in [0.3, 0.4) is 0 Å². The molecule has 0 aliphatic rings. The Labute approximate surface area is 86.6 Å². The Morgan fingerprint density at radius 2 is 2.27 bits per heavy atom. The van der Waals surface area contributed by atoms with Crippen LogP contribution in [0.1, 0.15) is 16.1 Å². The Balaban J connectivity index is 2.62. The molecular formula is C11H10N2O2. The van der Waals surface area contributed by atoms with Crippen molar-refractivity contribution in [3.05, 3.63) is 35.7 Å². The number of aromatic nitrogens is 2. The number of H-pyrrole nitrogens is 1. The average Bonchev–Trinajstić information content (AvgIpc) is 2.64. The van der Waals surface area contributed by atoms with Crippen LogP contribution in [-0.4, -0.2) is 21.4 Å². The number of carbonyl (C=O) groups excluding carboxylic acids is 1. The second-order valence-corrected chi connectivity index (χ2v) is 3.27. The molecule has 1 aromatic carbocycles. The van der Waals surface area contributed by atoms with Crippen molar-refractivity contribution < 1.29 is 9.90 Å². The van der Waals surface area contributed by atoms with Crippen LogP contribution in [0.25, 0.3) is 11.4 Å². The average molecular weight is 202 g/mol. The third kappa shape index (κ3) is 1.61. The van der Waals surface area contributed by atoms with Crippen LogP contribution in [0.2, 0.25) is 0 Å². The SMILES string of the molecule is Cc1cnc(-c2cccc(O)c2C=O)[nH]1. The third-order valence-electron chi connectivity index (χ3n) is 2.16. The number of benzene rings is 1. The van der Waals surface area contributed by atoms with Gasteiger partial charge in [0.05, 0.1) is 5.56 Å². The lowest BCUT2D eigenvalue weighted by molar-refractivity contribution is 0.112. The lowest BCUT2D eigenvalue weighted by atomic mass is 10.1. The first-order valence-corrected chi connectivity index (χ1v) is 4.51. The molecule has 0 aliphatic heterocycles. The molecule has 4 heteroatoms. The number of rotatable bonds is 2. The Kier molecular flexibility index (Phi) is 2.25. The molecule has 76 valence electrons. The molecule has 4 nitrogen and oxygen atoms in total. The number of aromatic hydroxyl groups is 1. The fraction of sp³-hybridized carbons (Fsp3) is 0.0909. The van der Waals surface area contributed by atoms with E-state index in [9.17, 15) is 9.90 Å². The minimum absolute atomic E-state index is 0.0310. The van der Waals surface area contributed by atoms with Gasteiger partial charge in [-0.2, -0.15) is 0 Å². The van der Waals surface area contributed by atoms with Gasteiger partial charge >= 0.3 is 0 Å². The van der Waals surface area contributed by atoms with Crippen LogP contribution in [0, 0.1) is 6.92 Å². The van der Waals surface area contributed by atoms with Gasteiger partial charge in [0, 0.05) is 17.5 Å². The summed E-state index contributed by atoms with van der Waals surface area (Å²) in [5.41, 5.74) is 1.77. The number of hydrogen-bond acceptors (Lipinski definition) is 3. The summed E-state index contributed by atoms with van der Waals surface area (Å²) in [4.78, 5) is 17.9. The number of nitrogens with one attached hydrogen (secondary N) is 1. The highest BCUT2D eigenvalue weighted by molar-refractivity contribution is 5.89. The highest BCUT2D eigenvalue weighted by atomic mass is 16.3. The van der Waals surface area contributed by atoms with Gasteiger partial charge in [-0.1, -0.05) is 12.1 Å². The van der Waals surface area contributed by atoms with Crippen molar-refractivity contribution >= 4 is 6.29 Å². The monoisotopic (exact) mass is 202 g/mol. The lowest BCUT2D eigenvalue weighted by Gasteiger charge is -2.02. The molecule has 0 saturated carbocycles. The van der Waals surface area contributed by atoms with Crippen LogP contribution in [-0.2, 0) is 0 Å². The second-order valence-electron chi connectivity index (χ2n) is 3.27. The molecule has 0 aliphatic carbocycles. The molecule has 1 aromatic heterocycles. The van der Waals surface area contributed by atoms with E-state index in [4.69, 9.17) is 0 Å². The van der Waals surface area contributed by atoms with Gasteiger partial charge in [0.1, 0.15) is 11.6 Å². The molecular weight excluding hydrogens is 192 g/mol. The summed E-state index contributed by atoms with van der Waals surface area (Å²) in [6.45, 7) is 1.87. The normalized spacial score (nSPS) is 10.2. The number of nitrogens with zero attached hydrogens (tertiary/aromatic N) is 1. The van der Waals surface area contributed by atoms with E-state index < -0.39 is 0 Å². The Morgan fingerprint density at radius 1 is 1.47 bits per heavy atom. The molecule has 1 heterocycles. The number of imidazole rings is 1. The van der Waals surface area contributed by atoms with E-state index in [0.717, 1.165) is 5.69 Å². The quantitative estimate of drug-likeness (QED) is 0.731. The van der Waals surface area contributed by atoms with Crippen molar-refractivity contribution in [2.24, 2.45) is 0 Å².